The molecule has 0 radical (unpaired) electrons. The number of anilines is 1. The molecule has 18 heavy (non-hydrogen) atoms. The van der Waals surface area contributed by atoms with E-state index in [0.29, 0.717) is 6.54 Å². The van der Waals surface area contributed by atoms with Gasteiger partial charge in [-0.25, -0.2) is 0 Å². The second-order valence-electron chi connectivity index (χ2n) is 4.86. The predicted octanol–water partition coefficient (Wildman–Crippen LogP) is 2.17. The van der Waals surface area contributed by atoms with Gasteiger partial charge in [-0.3, -0.25) is 4.79 Å². The van der Waals surface area contributed by atoms with E-state index < -0.39 is 5.97 Å². The van der Waals surface area contributed by atoms with Crippen LogP contribution in [0.2, 0.25) is 0 Å². The van der Waals surface area contributed by atoms with Crippen LogP contribution in [0.1, 0.15) is 18.9 Å². The number of fused-ring (bicyclic) bond motifs is 1. The third-order valence-electron chi connectivity index (χ3n) is 3.30. The van der Waals surface area contributed by atoms with E-state index in [2.05, 4.69) is 6.07 Å². The summed E-state index contributed by atoms with van der Waals surface area (Å²) >= 11 is 0. The molecule has 0 saturated carbocycles. The van der Waals surface area contributed by atoms with E-state index in [0.717, 1.165) is 30.9 Å². The largest absolute Gasteiger partial charge is 0.493 e. The molecule has 1 aliphatic rings. The SMILES string of the molecule is CC(CN(C)c1ccc2c(c1)CCCO2)C(=O)O. The van der Waals surface area contributed by atoms with Crippen molar-refractivity contribution < 1.29 is 14.6 Å². The van der Waals surface area contributed by atoms with Gasteiger partial charge in [-0.05, 0) is 36.6 Å². The molecule has 1 atom stereocenters. The fourth-order valence-electron chi connectivity index (χ4n) is 2.18. The number of ether oxygens (including phenoxy) is 1. The molecule has 1 aromatic rings. The van der Waals surface area contributed by atoms with Gasteiger partial charge in [0.05, 0.1) is 12.5 Å². The summed E-state index contributed by atoms with van der Waals surface area (Å²) in [5.74, 6) is -0.171. The van der Waals surface area contributed by atoms with Crippen molar-refractivity contribution in [2.75, 3.05) is 25.1 Å². The molecule has 4 heteroatoms. The molecule has 0 spiro atoms. The highest BCUT2D eigenvalue weighted by atomic mass is 16.5. The van der Waals surface area contributed by atoms with Crippen molar-refractivity contribution in [3.8, 4) is 5.75 Å². The highest BCUT2D eigenvalue weighted by molar-refractivity contribution is 5.70. The molecule has 98 valence electrons. The van der Waals surface area contributed by atoms with Crippen LogP contribution < -0.4 is 9.64 Å². The van der Waals surface area contributed by atoms with Crippen LogP contribution in [0.25, 0.3) is 0 Å². The lowest BCUT2D eigenvalue weighted by molar-refractivity contribution is -0.140. The van der Waals surface area contributed by atoms with Gasteiger partial charge in [0, 0.05) is 19.3 Å². The number of hydrogen-bond acceptors (Lipinski definition) is 3. The molecule has 0 saturated heterocycles. The normalized spacial score (nSPS) is 15.4. The van der Waals surface area contributed by atoms with E-state index in [1.807, 2.05) is 24.1 Å². The number of rotatable bonds is 4. The zero-order chi connectivity index (χ0) is 13.1. The Morgan fingerprint density at radius 2 is 2.33 bits per heavy atom. The lowest BCUT2D eigenvalue weighted by Gasteiger charge is -2.24. The molecule has 2 rings (SSSR count). The van der Waals surface area contributed by atoms with E-state index in [-0.39, 0.29) is 5.92 Å². The number of carboxylic acids is 1. The topological polar surface area (TPSA) is 49.8 Å². The van der Waals surface area contributed by atoms with Crippen LogP contribution in [0.3, 0.4) is 0 Å². The molecule has 0 aromatic heterocycles. The summed E-state index contributed by atoms with van der Waals surface area (Å²) in [4.78, 5) is 12.8. The molecule has 0 fully saturated rings. The Hall–Kier alpha value is -1.71. The summed E-state index contributed by atoms with van der Waals surface area (Å²) in [5, 5.41) is 8.92. The fourth-order valence-corrected chi connectivity index (χ4v) is 2.18. The first-order chi connectivity index (χ1) is 8.58. The number of aliphatic carboxylic acids is 1. The Morgan fingerprint density at radius 3 is 3.06 bits per heavy atom. The summed E-state index contributed by atoms with van der Waals surface area (Å²) in [6.07, 6.45) is 2.08. The minimum absolute atomic E-state index is 0.373. The van der Waals surface area contributed by atoms with Crippen LogP contribution in [-0.4, -0.2) is 31.3 Å². The van der Waals surface area contributed by atoms with Crippen LogP contribution in [0, 0.1) is 5.92 Å². The number of nitrogens with zero attached hydrogens (tertiary/aromatic N) is 1. The van der Waals surface area contributed by atoms with Crippen molar-refractivity contribution in [3.05, 3.63) is 23.8 Å². The third kappa shape index (κ3) is 2.75. The molecule has 0 bridgehead atoms. The van der Waals surface area contributed by atoms with Crippen molar-refractivity contribution >= 4 is 11.7 Å². The van der Waals surface area contributed by atoms with Crippen LogP contribution in [-0.2, 0) is 11.2 Å². The maximum atomic E-state index is 10.9. The van der Waals surface area contributed by atoms with Gasteiger partial charge in [-0.2, -0.15) is 0 Å². The highest BCUT2D eigenvalue weighted by Crippen LogP contribution is 2.29. The van der Waals surface area contributed by atoms with E-state index in [1.165, 1.54) is 5.56 Å². The number of benzene rings is 1. The molecule has 4 nitrogen and oxygen atoms in total. The number of hydrogen-bond donors (Lipinski definition) is 1. The summed E-state index contributed by atoms with van der Waals surface area (Å²) < 4.78 is 5.56. The zero-order valence-corrected chi connectivity index (χ0v) is 10.8. The molecule has 0 aliphatic carbocycles. The van der Waals surface area contributed by atoms with E-state index in [4.69, 9.17) is 9.84 Å². The highest BCUT2D eigenvalue weighted by Gasteiger charge is 2.16. The minimum Gasteiger partial charge on any atom is -0.493 e. The average molecular weight is 249 g/mol. The summed E-state index contributed by atoms with van der Waals surface area (Å²) in [7, 11) is 1.92. The number of carboxylic acid groups (broad SMARTS) is 1. The summed E-state index contributed by atoms with van der Waals surface area (Å²) in [6.45, 7) is 3.02. The second-order valence-corrected chi connectivity index (χ2v) is 4.86. The molecule has 1 aromatic carbocycles. The van der Waals surface area contributed by atoms with Gasteiger partial charge < -0.3 is 14.7 Å². The Kier molecular flexibility index (Phi) is 3.75. The van der Waals surface area contributed by atoms with Crippen LogP contribution >= 0.6 is 0 Å². The first-order valence-corrected chi connectivity index (χ1v) is 6.27. The van der Waals surface area contributed by atoms with E-state index in [9.17, 15) is 4.79 Å². The molecule has 1 N–H and O–H groups in total. The van der Waals surface area contributed by atoms with Gasteiger partial charge in [-0.1, -0.05) is 6.92 Å². The van der Waals surface area contributed by atoms with E-state index in [1.54, 1.807) is 6.92 Å². The third-order valence-corrected chi connectivity index (χ3v) is 3.30. The van der Waals surface area contributed by atoms with Gasteiger partial charge in [-0.15, -0.1) is 0 Å². The fraction of sp³-hybridized carbons (Fsp3) is 0.500. The maximum absolute atomic E-state index is 10.9. The molecular formula is C14H19NO3. The molecule has 0 amide bonds. The van der Waals surface area contributed by atoms with Gasteiger partial charge >= 0.3 is 5.97 Å². The van der Waals surface area contributed by atoms with Crippen molar-refractivity contribution in [2.45, 2.75) is 19.8 Å². The number of aryl methyl sites for hydroxylation is 1. The number of carbonyl (C=O) groups is 1. The average Bonchev–Trinajstić information content (AvgIpc) is 2.37. The molecule has 1 aliphatic heterocycles. The first kappa shape index (κ1) is 12.7. The minimum atomic E-state index is -0.761. The molecular weight excluding hydrogens is 230 g/mol. The monoisotopic (exact) mass is 249 g/mol. The predicted molar refractivity (Wildman–Crippen MR) is 70.3 cm³/mol. The van der Waals surface area contributed by atoms with Crippen molar-refractivity contribution in [2.24, 2.45) is 5.92 Å². The van der Waals surface area contributed by atoms with Gasteiger partial charge in [0.15, 0.2) is 0 Å². The second kappa shape index (κ2) is 5.29. The molecule has 1 heterocycles. The van der Waals surface area contributed by atoms with E-state index >= 15 is 0 Å². The maximum Gasteiger partial charge on any atom is 0.308 e. The van der Waals surface area contributed by atoms with Crippen LogP contribution in [0.4, 0.5) is 5.69 Å². The Morgan fingerprint density at radius 1 is 1.56 bits per heavy atom. The molecule has 1 unspecified atom stereocenters. The summed E-state index contributed by atoms with van der Waals surface area (Å²) in [6, 6.07) is 6.06. The standard InChI is InChI=1S/C14H19NO3/c1-10(14(16)17)9-15(2)12-5-6-13-11(8-12)4-3-7-18-13/h5-6,8,10H,3-4,7,9H2,1-2H3,(H,16,17). The van der Waals surface area contributed by atoms with Crippen LogP contribution in [0.15, 0.2) is 18.2 Å². The van der Waals surface area contributed by atoms with Crippen molar-refractivity contribution in [1.82, 2.24) is 0 Å². The van der Waals surface area contributed by atoms with Gasteiger partial charge in [0.25, 0.3) is 0 Å². The smallest absolute Gasteiger partial charge is 0.308 e. The van der Waals surface area contributed by atoms with Gasteiger partial charge in [0.2, 0.25) is 0 Å². The zero-order valence-electron chi connectivity index (χ0n) is 10.8. The lowest BCUT2D eigenvalue weighted by atomic mass is 10.0. The van der Waals surface area contributed by atoms with Gasteiger partial charge in [0.1, 0.15) is 5.75 Å². The lowest BCUT2D eigenvalue weighted by Crippen LogP contribution is -2.28. The van der Waals surface area contributed by atoms with Crippen molar-refractivity contribution in [1.29, 1.82) is 0 Å². The quantitative estimate of drug-likeness (QED) is 0.888. The summed E-state index contributed by atoms with van der Waals surface area (Å²) in [5.41, 5.74) is 2.26. The first-order valence-electron chi connectivity index (χ1n) is 6.27. The Balaban J connectivity index is 2.11. The van der Waals surface area contributed by atoms with Crippen LogP contribution in [0.5, 0.6) is 5.75 Å². The Bertz CT molecular complexity index is 445. The Labute approximate surface area is 107 Å². The van der Waals surface area contributed by atoms with Crippen molar-refractivity contribution in [3.63, 3.8) is 0 Å².